The molecular formula is C13H17N3OS. The van der Waals surface area contributed by atoms with Crippen molar-refractivity contribution >= 4 is 17.2 Å². The van der Waals surface area contributed by atoms with E-state index in [4.69, 9.17) is 5.26 Å². The molecule has 96 valence electrons. The number of amides is 1. The van der Waals surface area contributed by atoms with Crippen LogP contribution in [0.5, 0.6) is 0 Å². The van der Waals surface area contributed by atoms with Gasteiger partial charge in [0.1, 0.15) is 12.2 Å². The Kier molecular flexibility index (Phi) is 4.34. The smallest absolute Gasteiger partial charge is 0.235 e. The standard InChI is InChI=1S/C13H17N3OS/c1-2-3-4-5-16-8-12(17)15-13(16)11-6-10(7-14)9-18-11/h6,9,13H,2-5,8H2,1H3,(H,15,17)/t13-/m1/s1. The third-order valence-electron chi connectivity index (χ3n) is 3.08. The van der Waals surface area contributed by atoms with Gasteiger partial charge in [0.2, 0.25) is 5.91 Å². The molecule has 1 aliphatic heterocycles. The molecule has 1 saturated heterocycles. The Hall–Kier alpha value is -1.38. The lowest BCUT2D eigenvalue weighted by molar-refractivity contribution is -0.118. The van der Waals surface area contributed by atoms with Gasteiger partial charge in [-0.1, -0.05) is 19.8 Å². The average molecular weight is 263 g/mol. The molecule has 0 saturated carbocycles. The van der Waals surface area contributed by atoms with Crippen LogP contribution in [0.3, 0.4) is 0 Å². The van der Waals surface area contributed by atoms with Gasteiger partial charge in [0.05, 0.1) is 12.1 Å². The maximum atomic E-state index is 11.5. The summed E-state index contributed by atoms with van der Waals surface area (Å²) in [6.45, 7) is 3.56. The number of rotatable bonds is 5. The Morgan fingerprint density at radius 3 is 3.11 bits per heavy atom. The van der Waals surface area contributed by atoms with Crippen LogP contribution in [0.2, 0.25) is 0 Å². The van der Waals surface area contributed by atoms with Gasteiger partial charge in [0.25, 0.3) is 0 Å². The summed E-state index contributed by atoms with van der Waals surface area (Å²) in [5, 5.41) is 13.7. The zero-order chi connectivity index (χ0) is 13.0. The number of hydrogen-bond donors (Lipinski definition) is 1. The van der Waals surface area contributed by atoms with E-state index in [9.17, 15) is 4.79 Å². The Bertz CT molecular complexity index is 463. The summed E-state index contributed by atoms with van der Waals surface area (Å²) in [5.74, 6) is 0.0726. The zero-order valence-electron chi connectivity index (χ0n) is 10.5. The Morgan fingerprint density at radius 2 is 2.44 bits per heavy atom. The second-order valence-corrected chi connectivity index (χ2v) is 5.44. The quantitative estimate of drug-likeness (QED) is 0.829. The molecule has 2 heterocycles. The van der Waals surface area contributed by atoms with Crippen molar-refractivity contribution in [3.8, 4) is 6.07 Å². The van der Waals surface area contributed by atoms with Gasteiger partial charge in [0, 0.05) is 16.8 Å². The lowest BCUT2D eigenvalue weighted by Gasteiger charge is -2.21. The lowest BCUT2D eigenvalue weighted by Crippen LogP contribution is -2.27. The number of thiophene rings is 1. The molecule has 0 spiro atoms. The highest BCUT2D eigenvalue weighted by atomic mass is 32.1. The number of carbonyl (C=O) groups excluding carboxylic acids is 1. The van der Waals surface area contributed by atoms with Gasteiger partial charge in [-0.3, -0.25) is 9.69 Å². The van der Waals surface area contributed by atoms with E-state index >= 15 is 0 Å². The van der Waals surface area contributed by atoms with Crippen LogP contribution in [0.15, 0.2) is 11.4 Å². The molecule has 4 nitrogen and oxygen atoms in total. The maximum Gasteiger partial charge on any atom is 0.235 e. The fourth-order valence-electron chi connectivity index (χ4n) is 2.14. The highest BCUT2D eigenvalue weighted by Gasteiger charge is 2.31. The van der Waals surface area contributed by atoms with Crippen LogP contribution >= 0.6 is 11.3 Å². The Balaban J connectivity index is 2.04. The van der Waals surface area contributed by atoms with Crippen molar-refractivity contribution in [2.24, 2.45) is 0 Å². The molecule has 1 amide bonds. The van der Waals surface area contributed by atoms with Gasteiger partial charge in [0.15, 0.2) is 0 Å². The van der Waals surface area contributed by atoms with Gasteiger partial charge in [-0.15, -0.1) is 11.3 Å². The molecule has 0 unspecified atom stereocenters. The first kappa shape index (κ1) is 13.1. The van der Waals surface area contributed by atoms with Crippen molar-refractivity contribution in [2.45, 2.75) is 32.4 Å². The number of hydrogen-bond acceptors (Lipinski definition) is 4. The van der Waals surface area contributed by atoms with E-state index in [1.807, 2.05) is 11.4 Å². The Morgan fingerprint density at radius 1 is 1.61 bits per heavy atom. The summed E-state index contributed by atoms with van der Waals surface area (Å²) in [6.07, 6.45) is 3.43. The predicted octanol–water partition coefficient (Wildman–Crippen LogP) is 2.24. The fraction of sp³-hybridized carbons (Fsp3) is 0.538. The first-order valence-electron chi connectivity index (χ1n) is 6.26. The molecule has 0 bridgehead atoms. The number of nitriles is 1. The van der Waals surface area contributed by atoms with Crippen LogP contribution in [0.4, 0.5) is 0 Å². The molecule has 0 aromatic carbocycles. The van der Waals surface area contributed by atoms with Crippen molar-refractivity contribution in [1.29, 1.82) is 5.26 Å². The third kappa shape index (κ3) is 2.89. The summed E-state index contributed by atoms with van der Waals surface area (Å²) in [6, 6.07) is 4.00. The second kappa shape index (κ2) is 5.98. The van der Waals surface area contributed by atoms with Gasteiger partial charge in [-0.2, -0.15) is 5.26 Å². The molecule has 2 rings (SSSR count). The monoisotopic (exact) mass is 263 g/mol. The SMILES string of the molecule is CCCCCN1CC(=O)N[C@H]1c1cc(C#N)cs1. The van der Waals surface area contributed by atoms with Crippen molar-refractivity contribution in [3.05, 3.63) is 21.9 Å². The minimum Gasteiger partial charge on any atom is -0.335 e. The largest absolute Gasteiger partial charge is 0.335 e. The molecule has 5 heteroatoms. The number of nitrogens with one attached hydrogen (secondary N) is 1. The lowest BCUT2D eigenvalue weighted by atomic mass is 10.2. The molecule has 1 aromatic heterocycles. The molecule has 1 fully saturated rings. The highest BCUT2D eigenvalue weighted by Crippen LogP contribution is 2.28. The summed E-state index contributed by atoms with van der Waals surface area (Å²) in [7, 11) is 0. The van der Waals surface area contributed by atoms with E-state index in [2.05, 4.69) is 23.2 Å². The van der Waals surface area contributed by atoms with Crippen molar-refractivity contribution in [3.63, 3.8) is 0 Å². The van der Waals surface area contributed by atoms with Crippen LogP contribution in [-0.4, -0.2) is 23.9 Å². The second-order valence-electron chi connectivity index (χ2n) is 4.50. The van der Waals surface area contributed by atoms with Gasteiger partial charge >= 0.3 is 0 Å². The fourth-order valence-corrected chi connectivity index (χ4v) is 3.06. The summed E-state index contributed by atoms with van der Waals surface area (Å²) >= 11 is 1.54. The van der Waals surface area contributed by atoms with Crippen LogP contribution in [0.25, 0.3) is 0 Å². The first-order valence-corrected chi connectivity index (χ1v) is 7.14. The highest BCUT2D eigenvalue weighted by molar-refractivity contribution is 7.10. The number of nitrogens with zero attached hydrogens (tertiary/aromatic N) is 2. The topological polar surface area (TPSA) is 56.1 Å². The maximum absolute atomic E-state index is 11.5. The van der Waals surface area contributed by atoms with Crippen LogP contribution < -0.4 is 5.32 Å². The van der Waals surface area contributed by atoms with Gasteiger partial charge in [-0.05, 0) is 12.5 Å². The minimum absolute atomic E-state index is 0.0403. The third-order valence-corrected chi connectivity index (χ3v) is 4.06. The van der Waals surface area contributed by atoms with Crippen molar-refractivity contribution < 1.29 is 4.79 Å². The van der Waals surface area contributed by atoms with Crippen LogP contribution in [0, 0.1) is 11.3 Å². The van der Waals surface area contributed by atoms with Crippen LogP contribution in [0.1, 0.15) is 42.8 Å². The molecule has 1 atom stereocenters. The van der Waals surface area contributed by atoms with Crippen molar-refractivity contribution in [2.75, 3.05) is 13.1 Å². The molecule has 1 aromatic rings. The van der Waals surface area contributed by atoms with E-state index in [1.54, 1.807) is 0 Å². The van der Waals surface area contributed by atoms with Gasteiger partial charge in [-0.25, -0.2) is 0 Å². The predicted molar refractivity (Wildman–Crippen MR) is 71.0 cm³/mol. The van der Waals surface area contributed by atoms with E-state index in [0.29, 0.717) is 12.1 Å². The molecule has 1 aliphatic rings. The molecule has 18 heavy (non-hydrogen) atoms. The molecule has 0 radical (unpaired) electrons. The van der Waals surface area contributed by atoms with E-state index in [0.717, 1.165) is 17.8 Å². The van der Waals surface area contributed by atoms with E-state index in [-0.39, 0.29) is 12.1 Å². The first-order chi connectivity index (χ1) is 8.74. The number of unbranched alkanes of at least 4 members (excludes halogenated alkanes) is 2. The van der Waals surface area contributed by atoms with E-state index in [1.165, 1.54) is 24.2 Å². The molecule has 0 aliphatic carbocycles. The Labute approximate surface area is 111 Å². The average Bonchev–Trinajstić information content (AvgIpc) is 2.96. The van der Waals surface area contributed by atoms with Crippen molar-refractivity contribution in [1.82, 2.24) is 10.2 Å². The molecular weight excluding hydrogens is 246 g/mol. The normalized spacial score (nSPS) is 19.8. The van der Waals surface area contributed by atoms with Crippen LogP contribution in [-0.2, 0) is 4.79 Å². The molecule has 1 N–H and O–H groups in total. The van der Waals surface area contributed by atoms with E-state index < -0.39 is 0 Å². The zero-order valence-corrected chi connectivity index (χ0v) is 11.3. The summed E-state index contributed by atoms with van der Waals surface area (Å²) in [5.41, 5.74) is 0.671. The minimum atomic E-state index is -0.0403. The summed E-state index contributed by atoms with van der Waals surface area (Å²) in [4.78, 5) is 14.7. The number of carbonyl (C=O) groups is 1. The summed E-state index contributed by atoms with van der Waals surface area (Å²) < 4.78 is 0. The van der Waals surface area contributed by atoms with Gasteiger partial charge < -0.3 is 5.32 Å².